The number of rotatable bonds is 4. The third-order valence-corrected chi connectivity index (χ3v) is 5.37. The monoisotopic (exact) mass is 249 g/mol. The average Bonchev–Trinajstić information content (AvgIpc) is 2.82. The largest absolute Gasteiger partial charge is 0.345 e. The lowest BCUT2D eigenvalue weighted by atomic mass is 10.1. The Morgan fingerprint density at radius 2 is 2.29 bits per heavy atom. The lowest BCUT2D eigenvalue weighted by Gasteiger charge is -2.26. The summed E-state index contributed by atoms with van der Waals surface area (Å²) in [4.78, 5) is 8.57. The van der Waals surface area contributed by atoms with Crippen molar-refractivity contribution >= 4 is 16.5 Å². The molecule has 2 unspecified atom stereocenters. The van der Waals surface area contributed by atoms with E-state index in [1.807, 2.05) is 11.3 Å². The molecule has 1 saturated heterocycles. The molecule has 92 valence electrons. The lowest BCUT2D eigenvalue weighted by molar-refractivity contribution is 0.553. The maximum atomic E-state index is 4.62. The van der Waals surface area contributed by atoms with Crippen molar-refractivity contribution < 1.29 is 0 Å². The minimum Gasteiger partial charge on any atom is -0.345 e. The van der Waals surface area contributed by atoms with Gasteiger partial charge in [-0.2, -0.15) is 0 Å². The topological polar surface area (TPSA) is 28.2 Å². The van der Waals surface area contributed by atoms with E-state index in [2.05, 4.69) is 21.4 Å². The van der Waals surface area contributed by atoms with Crippen LogP contribution in [0.3, 0.4) is 0 Å². The highest BCUT2D eigenvalue weighted by Gasteiger charge is 2.38. The summed E-state index contributed by atoms with van der Waals surface area (Å²) < 4.78 is 0. The molecular weight excluding hydrogens is 230 g/mol. The van der Waals surface area contributed by atoms with Crippen molar-refractivity contribution in [1.29, 1.82) is 0 Å². The molecule has 17 heavy (non-hydrogen) atoms. The molecule has 3 fully saturated rings. The molecule has 1 N–H and O–H groups in total. The van der Waals surface area contributed by atoms with Gasteiger partial charge in [0.15, 0.2) is 5.13 Å². The van der Waals surface area contributed by atoms with E-state index in [0.29, 0.717) is 0 Å². The molecule has 2 heterocycles. The van der Waals surface area contributed by atoms with Gasteiger partial charge in [-0.1, -0.05) is 0 Å². The number of aromatic nitrogens is 1. The van der Waals surface area contributed by atoms with Crippen LogP contribution >= 0.6 is 11.3 Å². The predicted octanol–water partition coefficient (Wildman–Crippen LogP) is 2.38. The van der Waals surface area contributed by atoms with Gasteiger partial charge >= 0.3 is 0 Å². The van der Waals surface area contributed by atoms with Gasteiger partial charge in [-0.25, -0.2) is 4.98 Å². The molecule has 2 bridgehead atoms. The number of piperidine rings is 1. The number of nitrogens with one attached hydrogen (secondary N) is 1. The summed E-state index contributed by atoms with van der Waals surface area (Å²) in [5.41, 5.74) is 0. The van der Waals surface area contributed by atoms with E-state index in [1.165, 1.54) is 48.7 Å². The normalized spacial score (nSPS) is 31.4. The summed E-state index contributed by atoms with van der Waals surface area (Å²) in [6.45, 7) is 2.28. The van der Waals surface area contributed by atoms with Crippen LogP contribution in [0.1, 0.15) is 37.0 Å². The Balaban J connectivity index is 1.43. The molecule has 0 spiro atoms. The van der Waals surface area contributed by atoms with Gasteiger partial charge in [0, 0.05) is 36.2 Å². The van der Waals surface area contributed by atoms with Crippen LogP contribution in [0, 0.1) is 5.92 Å². The van der Waals surface area contributed by atoms with Gasteiger partial charge in [-0.3, -0.25) is 0 Å². The number of hydrogen-bond donors (Lipinski definition) is 1. The van der Waals surface area contributed by atoms with Gasteiger partial charge in [0.05, 0.1) is 0 Å². The van der Waals surface area contributed by atoms with E-state index in [9.17, 15) is 0 Å². The maximum absolute atomic E-state index is 4.62. The lowest BCUT2D eigenvalue weighted by Crippen LogP contribution is -2.31. The Morgan fingerprint density at radius 1 is 1.35 bits per heavy atom. The fourth-order valence-electron chi connectivity index (χ4n) is 3.20. The molecule has 2 atom stereocenters. The summed E-state index contributed by atoms with van der Waals surface area (Å²) >= 11 is 1.89. The number of fused-ring (bicyclic) bond motifs is 2. The molecule has 4 heteroatoms. The van der Waals surface area contributed by atoms with Gasteiger partial charge in [0.25, 0.3) is 0 Å². The Bertz CT molecular complexity index is 413. The summed E-state index contributed by atoms with van der Waals surface area (Å²) in [5.74, 6) is 0.955. The first-order chi connectivity index (χ1) is 8.38. The summed E-state index contributed by atoms with van der Waals surface area (Å²) in [5, 5.41) is 4.83. The van der Waals surface area contributed by atoms with Crippen LogP contribution in [0.15, 0.2) is 6.20 Å². The second-order valence-electron chi connectivity index (χ2n) is 5.75. The molecule has 0 radical (unpaired) electrons. The first-order valence-electron chi connectivity index (χ1n) is 6.83. The van der Waals surface area contributed by atoms with E-state index in [1.54, 1.807) is 0 Å². The van der Waals surface area contributed by atoms with Crippen LogP contribution in [0.4, 0.5) is 5.13 Å². The quantitative estimate of drug-likeness (QED) is 0.888. The summed E-state index contributed by atoms with van der Waals surface area (Å²) in [6.07, 6.45) is 9.04. The second-order valence-corrected chi connectivity index (χ2v) is 6.84. The minimum absolute atomic E-state index is 0.795. The predicted molar refractivity (Wildman–Crippen MR) is 70.5 cm³/mol. The molecule has 1 aliphatic heterocycles. The highest BCUT2D eigenvalue weighted by molar-refractivity contribution is 7.15. The Morgan fingerprint density at radius 3 is 3.00 bits per heavy atom. The van der Waals surface area contributed by atoms with E-state index in [-0.39, 0.29) is 0 Å². The molecule has 1 aromatic heterocycles. The van der Waals surface area contributed by atoms with Crippen LogP contribution in [-0.4, -0.2) is 23.6 Å². The molecule has 3 nitrogen and oxygen atoms in total. The minimum atomic E-state index is 0.795. The molecule has 4 rings (SSSR count). The SMILES string of the molecule is c1nc(N2CC3CCC2C3)sc1CNC1CC1. The summed E-state index contributed by atoms with van der Waals surface area (Å²) in [6, 6.07) is 1.60. The summed E-state index contributed by atoms with van der Waals surface area (Å²) in [7, 11) is 0. The van der Waals surface area contributed by atoms with Crippen LogP contribution in [0.2, 0.25) is 0 Å². The Kier molecular flexibility index (Phi) is 2.40. The third-order valence-electron chi connectivity index (χ3n) is 4.34. The standard InChI is InChI=1S/C13H19N3S/c1-4-11-5-9(1)8-16(11)13-15-7-12(17-13)6-14-10-2-3-10/h7,9-11,14H,1-6,8H2. The molecule has 1 aromatic rings. The zero-order valence-corrected chi connectivity index (χ0v) is 10.9. The molecule has 0 aromatic carbocycles. The fraction of sp³-hybridized carbons (Fsp3) is 0.769. The smallest absolute Gasteiger partial charge is 0.185 e. The Hall–Kier alpha value is -0.610. The van der Waals surface area contributed by atoms with Crippen molar-refractivity contribution in [2.45, 2.75) is 50.7 Å². The first kappa shape index (κ1) is 10.3. The van der Waals surface area contributed by atoms with Crippen LogP contribution in [-0.2, 0) is 6.54 Å². The molecule has 0 amide bonds. The average molecular weight is 249 g/mol. The zero-order valence-electron chi connectivity index (χ0n) is 10.1. The van der Waals surface area contributed by atoms with Gasteiger partial charge in [-0.05, 0) is 38.0 Å². The first-order valence-corrected chi connectivity index (χ1v) is 7.65. The molecular formula is C13H19N3S. The maximum Gasteiger partial charge on any atom is 0.185 e. The van der Waals surface area contributed by atoms with E-state index in [4.69, 9.17) is 0 Å². The van der Waals surface area contributed by atoms with Crippen molar-refractivity contribution in [3.8, 4) is 0 Å². The van der Waals surface area contributed by atoms with Crippen LogP contribution < -0.4 is 10.2 Å². The van der Waals surface area contributed by atoms with Gasteiger partial charge in [-0.15, -0.1) is 11.3 Å². The van der Waals surface area contributed by atoms with Crippen LogP contribution in [0.5, 0.6) is 0 Å². The van der Waals surface area contributed by atoms with Gasteiger partial charge < -0.3 is 10.2 Å². The number of thiazole rings is 1. The number of nitrogens with zero attached hydrogens (tertiary/aromatic N) is 2. The van der Waals surface area contributed by atoms with Gasteiger partial charge in [0.1, 0.15) is 0 Å². The second kappa shape index (κ2) is 3.95. The highest BCUT2D eigenvalue weighted by atomic mass is 32.1. The number of hydrogen-bond acceptors (Lipinski definition) is 4. The Labute approximate surface area is 106 Å². The molecule has 2 aliphatic carbocycles. The van der Waals surface area contributed by atoms with Crippen molar-refractivity contribution in [2.24, 2.45) is 5.92 Å². The van der Waals surface area contributed by atoms with Crippen molar-refractivity contribution in [1.82, 2.24) is 10.3 Å². The highest BCUT2D eigenvalue weighted by Crippen LogP contribution is 2.41. The zero-order chi connectivity index (χ0) is 11.2. The van der Waals surface area contributed by atoms with Crippen molar-refractivity contribution in [3.63, 3.8) is 0 Å². The van der Waals surface area contributed by atoms with Crippen LogP contribution in [0.25, 0.3) is 0 Å². The van der Waals surface area contributed by atoms with Crippen molar-refractivity contribution in [3.05, 3.63) is 11.1 Å². The molecule has 2 saturated carbocycles. The van der Waals surface area contributed by atoms with E-state index < -0.39 is 0 Å². The van der Waals surface area contributed by atoms with Crippen molar-refractivity contribution in [2.75, 3.05) is 11.4 Å². The van der Waals surface area contributed by atoms with E-state index in [0.717, 1.165) is 24.5 Å². The molecule has 3 aliphatic rings. The number of anilines is 1. The third kappa shape index (κ3) is 1.97. The van der Waals surface area contributed by atoms with E-state index >= 15 is 0 Å². The fourth-order valence-corrected chi connectivity index (χ4v) is 4.14. The van der Waals surface area contributed by atoms with Gasteiger partial charge in [0.2, 0.25) is 0 Å².